The molecule has 0 N–H and O–H groups in total. The van der Waals surface area contributed by atoms with Gasteiger partial charge in [0.05, 0.1) is 19.8 Å². The minimum atomic E-state index is -5.49. The van der Waals surface area contributed by atoms with Gasteiger partial charge in [-0.2, -0.15) is 21.6 Å². The summed E-state index contributed by atoms with van der Waals surface area (Å²) in [5.74, 6) is -0.838. The first-order valence-electron chi connectivity index (χ1n) is 5.98. The molecule has 2 fully saturated rings. The number of hydrogen-bond donors (Lipinski definition) is 0. The van der Waals surface area contributed by atoms with Crippen molar-refractivity contribution in [3.05, 3.63) is 0 Å². The minimum Gasteiger partial charge on any atom is -0.348 e. The molecule has 9 heteroatoms. The molecule has 1 aliphatic heterocycles. The van der Waals surface area contributed by atoms with Gasteiger partial charge >= 0.3 is 15.6 Å². The molecule has 1 heterocycles. The Morgan fingerprint density at radius 1 is 1.16 bits per heavy atom. The lowest BCUT2D eigenvalue weighted by Gasteiger charge is -2.35. The Morgan fingerprint density at radius 2 is 1.68 bits per heavy atom. The van der Waals surface area contributed by atoms with E-state index in [1.54, 1.807) is 0 Å². The Balaban J connectivity index is 1.80. The Hall–Kier alpha value is -0.380. The molecule has 0 aromatic rings. The van der Waals surface area contributed by atoms with Gasteiger partial charge in [-0.25, -0.2) is 0 Å². The Kier molecular flexibility index (Phi) is 4.10. The molecule has 0 bridgehead atoms. The number of halogens is 3. The normalized spacial score (nSPS) is 25.0. The Bertz CT molecular complexity index is 403. The maximum Gasteiger partial charge on any atom is 0.523 e. The summed E-state index contributed by atoms with van der Waals surface area (Å²) in [6.45, 7) is 0.588. The van der Waals surface area contributed by atoms with E-state index in [1.165, 1.54) is 0 Å². The average Bonchev–Trinajstić information content (AvgIpc) is 2.76. The summed E-state index contributed by atoms with van der Waals surface area (Å²) in [6, 6.07) is 0. The van der Waals surface area contributed by atoms with Gasteiger partial charge in [-0.3, -0.25) is 4.18 Å². The van der Waals surface area contributed by atoms with Crippen molar-refractivity contribution in [3.63, 3.8) is 0 Å². The first-order chi connectivity index (χ1) is 8.74. The lowest BCUT2D eigenvalue weighted by molar-refractivity contribution is -0.183. The van der Waals surface area contributed by atoms with Gasteiger partial charge in [0.25, 0.3) is 0 Å². The van der Waals surface area contributed by atoms with Crippen LogP contribution in [0.4, 0.5) is 13.2 Å². The summed E-state index contributed by atoms with van der Waals surface area (Å²) in [5.41, 5.74) is -5.36. The number of hydrogen-bond acceptors (Lipinski definition) is 5. The van der Waals surface area contributed by atoms with E-state index in [1.807, 2.05) is 0 Å². The predicted molar refractivity (Wildman–Crippen MR) is 57.5 cm³/mol. The van der Waals surface area contributed by atoms with Crippen molar-refractivity contribution in [3.8, 4) is 0 Å². The van der Waals surface area contributed by atoms with Gasteiger partial charge in [-0.15, -0.1) is 0 Å². The number of ether oxygens (including phenoxy) is 2. The molecule has 0 radical (unpaired) electrons. The zero-order valence-corrected chi connectivity index (χ0v) is 10.9. The second-order valence-corrected chi connectivity index (χ2v) is 6.34. The fraction of sp³-hybridized carbons (Fsp3) is 1.00. The summed E-state index contributed by atoms with van der Waals surface area (Å²) in [4.78, 5) is 0. The maximum atomic E-state index is 12.1. The highest BCUT2D eigenvalue weighted by Crippen LogP contribution is 2.38. The highest BCUT2D eigenvalue weighted by atomic mass is 32.2. The van der Waals surface area contributed by atoms with Gasteiger partial charge in [0.2, 0.25) is 0 Å². The minimum absolute atomic E-state index is 0.226. The van der Waals surface area contributed by atoms with Crippen molar-refractivity contribution in [1.29, 1.82) is 0 Å². The van der Waals surface area contributed by atoms with Crippen molar-refractivity contribution in [2.24, 2.45) is 5.92 Å². The third-order valence-corrected chi connectivity index (χ3v) is 4.44. The topological polar surface area (TPSA) is 61.8 Å². The summed E-state index contributed by atoms with van der Waals surface area (Å²) < 4.78 is 72.7. The van der Waals surface area contributed by atoms with Crippen molar-refractivity contribution in [2.45, 2.75) is 37.0 Å². The van der Waals surface area contributed by atoms with E-state index in [0.29, 0.717) is 38.9 Å². The molecule has 5 nitrogen and oxygen atoms in total. The number of rotatable bonds is 3. The van der Waals surface area contributed by atoms with Crippen LogP contribution in [0.3, 0.4) is 0 Å². The second-order valence-electron chi connectivity index (χ2n) is 4.74. The van der Waals surface area contributed by atoms with E-state index < -0.39 is 28.0 Å². The van der Waals surface area contributed by atoms with Gasteiger partial charge in [-0.1, -0.05) is 0 Å². The van der Waals surface area contributed by atoms with Crippen molar-refractivity contribution < 1.29 is 35.2 Å². The van der Waals surface area contributed by atoms with Gasteiger partial charge in [-0.05, 0) is 18.8 Å². The predicted octanol–water partition coefficient (Wildman–Crippen LogP) is 1.79. The van der Waals surface area contributed by atoms with Crippen LogP contribution < -0.4 is 0 Å². The van der Waals surface area contributed by atoms with E-state index in [4.69, 9.17) is 9.47 Å². The molecule has 0 aromatic heterocycles. The molecule has 1 saturated carbocycles. The van der Waals surface area contributed by atoms with Crippen LogP contribution in [0.15, 0.2) is 0 Å². The van der Waals surface area contributed by atoms with Crippen molar-refractivity contribution in [1.82, 2.24) is 0 Å². The SMILES string of the molecule is O=S(=O)(OCC1CCC2(CC1)OCCO2)C(F)(F)F. The van der Waals surface area contributed by atoms with E-state index in [9.17, 15) is 21.6 Å². The highest BCUT2D eigenvalue weighted by molar-refractivity contribution is 7.87. The zero-order chi connectivity index (χ0) is 14.1. The molecule has 0 unspecified atom stereocenters. The van der Waals surface area contributed by atoms with Gasteiger partial charge in [0.15, 0.2) is 5.79 Å². The third kappa shape index (κ3) is 3.39. The molecule has 2 rings (SSSR count). The summed E-state index contributed by atoms with van der Waals surface area (Å²) in [6.07, 6.45) is 2.14. The quantitative estimate of drug-likeness (QED) is 0.587. The highest BCUT2D eigenvalue weighted by Gasteiger charge is 2.48. The molecular formula is C10H15F3O5S. The average molecular weight is 304 g/mol. The molecule has 19 heavy (non-hydrogen) atoms. The molecule has 0 amide bonds. The molecule has 1 saturated heterocycles. The molecule has 0 atom stereocenters. The molecule has 1 aliphatic carbocycles. The molecule has 112 valence electrons. The Labute approximate surface area is 109 Å². The van der Waals surface area contributed by atoms with Crippen molar-refractivity contribution in [2.75, 3.05) is 19.8 Å². The molecule has 1 spiro atoms. The van der Waals surface area contributed by atoms with Crippen LogP contribution in [0.5, 0.6) is 0 Å². The van der Waals surface area contributed by atoms with Gasteiger partial charge in [0, 0.05) is 12.8 Å². The first-order valence-corrected chi connectivity index (χ1v) is 7.39. The van der Waals surface area contributed by atoms with Crippen molar-refractivity contribution >= 4 is 10.1 Å². The monoisotopic (exact) mass is 304 g/mol. The van der Waals surface area contributed by atoms with Crippen LogP contribution in [0.25, 0.3) is 0 Å². The molecular weight excluding hydrogens is 289 g/mol. The fourth-order valence-corrected chi connectivity index (χ4v) is 2.83. The summed E-state index contributed by atoms with van der Waals surface area (Å²) >= 11 is 0. The van der Waals surface area contributed by atoms with Crippen LogP contribution in [-0.2, 0) is 23.8 Å². The maximum absolute atomic E-state index is 12.1. The Morgan fingerprint density at radius 3 is 2.16 bits per heavy atom. The summed E-state index contributed by atoms with van der Waals surface area (Å²) in [7, 11) is -5.49. The standard InChI is InChI=1S/C10H15F3O5S/c11-10(12,13)19(14,15)18-7-8-1-3-9(4-2-8)16-5-6-17-9/h8H,1-7H2. The molecule has 2 aliphatic rings. The smallest absolute Gasteiger partial charge is 0.348 e. The second kappa shape index (κ2) is 5.19. The third-order valence-electron chi connectivity index (χ3n) is 3.42. The van der Waals surface area contributed by atoms with E-state index >= 15 is 0 Å². The fourth-order valence-electron chi connectivity index (χ4n) is 2.32. The van der Waals surface area contributed by atoms with Crippen LogP contribution in [-0.4, -0.2) is 39.5 Å². The first kappa shape index (κ1) is 15.0. The largest absolute Gasteiger partial charge is 0.523 e. The van der Waals surface area contributed by atoms with Gasteiger partial charge < -0.3 is 9.47 Å². The molecule has 0 aromatic carbocycles. The lowest BCUT2D eigenvalue weighted by Crippen LogP contribution is -2.37. The van der Waals surface area contributed by atoms with Crippen LogP contribution in [0.1, 0.15) is 25.7 Å². The van der Waals surface area contributed by atoms with E-state index in [2.05, 4.69) is 4.18 Å². The van der Waals surface area contributed by atoms with Crippen LogP contribution in [0, 0.1) is 5.92 Å². The lowest BCUT2D eigenvalue weighted by atomic mass is 9.86. The van der Waals surface area contributed by atoms with E-state index in [-0.39, 0.29) is 5.92 Å². The summed E-state index contributed by atoms with van der Waals surface area (Å²) in [5, 5.41) is 0. The van der Waals surface area contributed by atoms with E-state index in [0.717, 1.165) is 0 Å². The number of alkyl halides is 3. The zero-order valence-electron chi connectivity index (χ0n) is 10.1. The van der Waals surface area contributed by atoms with Gasteiger partial charge in [0.1, 0.15) is 0 Å². The van der Waals surface area contributed by atoms with Crippen LogP contribution in [0.2, 0.25) is 0 Å². The van der Waals surface area contributed by atoms with Crippen LogP contribution >= 0.6 is 0 Å².